The van der Waals surface area contributed by atoms with E-state index in [-0.39, 0.29) is 23.6 Å². The Kier molecular flexibility index (Phi) is 4.44. The van der Waals surface area contributed by atoms with Crippen LogP contribution in [0, 0.1) is 6.92 Å². The Morgan fingerprint density at radius 3 is 2.56 bits per heavy atom. The zero-order chi connectivity index (χ0) is 13.9. The van der Waals surface area contributed by atoms with E-state index in [4.69, 9.17) is 5.11 Å². The lowest BCUT2D eigenvalue weighted by Gasteiger charge is -2.17. The largest absolute Gasteiger partial charge is 0.545 e. The molecular formula is C11H14NO5S-. The third-order valence-corrected chi connectivity index (χ3v) is 4.40. The van der Waals surface area contributed by atoms with E-state index in [1.54, 1.807) is 6.92 Å². The Hall–Kier alpha value is -1.44. The van der Waals surface area contributed by atoms with E-state index in [9.17, 15) is 18.3 Å². The number of rotatable bonds is 5. The second-order valence-corrected chi connectivity index (χ2v) is 5.86. The number of aryl methyl sites for hydroxylation is 1. The fourth-order valence-electron chi connectivity index (χ4n) is 1.42. The normalized spacial score (nSPS) is 11.8. The Balaban J connectivity index is 3.26. The van der Waals surface area contributed by atoms with Crippen LogP contribution in [0.5, 0.6) is 0 Å². The average molecular weight is 272 g/mol. The number of carbonyl (C=O) groups excluding carboxylic acids is 1. The van der Waals surface area contributed by atoms with Gasteiger partial charge in [-0.2, -0.15) is 4.31 Å². The molecule has 6 nitrogen and oxygen atoms in total. The van der Waals surface area contributed by atoms with Crippen LogP contribution in [0.15, 0.2) is 23.1 Å². The molecule has 7 heteroatoms. The SMILES string of the molecule is Cc1ccc(S(=O)(=O)N(C)CCO)cc1C(=O)[O-]. The van der Waals surface area contributed by atoms with E-state index in [0.717, 1.165) is 10.4 Å². The van der Waals surface area contributed by atoms with Crippen LogP contribution in [-0.2, 0) is 10.0 Å². The summed E-state index contributed by atoms with van der Waals surface area (Å²) < 4.78 is 25.0. The van der Waals surface area contributed by atoms with Crippen molar-refractivity contribution < 1.29 is 23.4 Å². The summed E-state index contributed by atoms with van der Waals surface area (Å²) in [6.07, 6.45) is 0. The maximum Gasteiger partial charge on any atom is 0.242 e. The number of carboxylic acids is 1. The smallest absolute Gasteiger partial charge is 0.242 e. The van der Waals surface area contributed by atoms with Gasteiger partial charge in [-0.25, -0.2) is 8.42 Å². The highest BCUT2D eigenvalue weighted by molar-refractivity contribution is 7.89. The van der Waals surface area contributed by atoms with Crippen molar-refractivity contribution >= 4 is 16.0 Å². The molecule has 0 radical (unpaired) electrons. The van der Waals surface area contributed by atoms with E-state index in [0.29, 0.717) is 5.56 Å². The van der Waals surface area contributed by atoms with Gasteiger partial charge in [0.1, 0.15) is 0 Å². The lowest BCUT2D eigenvalue weighted by molar-refractivity contribution is -0.255. The molecule has 18 heavy (non-hydrogen) atoms. The number of aliphatic hydroxyl groups excluding tert-OH is 1. The Labute approximate surface area is 106 Å². The van der Waals surface area contributed by atoms with Gasteiger partial charge >= 0.3 is 0 Å². The molecule has 0 saturated carbocycles. The minimum atomic E-state index is -3.79. The Bertz CT molecular complexity index is 553. The molecule has 0 aliphatic rings. The predicted octanol–water partition coefficient (Wildman–Crippen LogP) is -1.03. The van der Waals surface area contributed by atoms with Gasteiger partial charge in [0.25, 0.3) is 0 Å². The molecule has 1 N–H and O–H groups in total. The van der Waals surface area contributed by atoms with E-state index < -0.39 is 16.0 Å². The van der Waals surface area contributed by atoms with Gasteiger partial charge < -0.3 is 15.0 Å². The summed E-state index contributed by atoms with van der Waals surface area (Å²) in [5.74, 6) is -1.42. The predicted molar refractivity (Wildman–Crippen MR) is 62.4 cm³/mol. The molecule has 0 unspecified atom stereocenters. The summed E-state index contributed by atoms with van der Waals surface area (Å²) in [6, 6.07) is 3.80. The average Bonchev–Trinajstić information content (AvgIpc) is 2.29. The fraction of sp³-hybridized carbons (Fsp3) is 0.364. The summed E-state index contributed by atoms with van der Waals surface area (Å²) in [7, 11) is -2.48. The van der Waals surface area contributed by atoms with Crippen molar-refractivity contribution in [3.8, 4) is 0 Å². The summed E-state index contributed by atoms with van der Waals surface area (Å²) in [5.41, 5.74) is 0.271. The molecule has 0 spiro atoms. The molecular weight excluding hydrogens is 258 g/mol. The van der Waals surface area contributed by atoms with Crippen molar-refractivity contribution in [1.29, 1.82) is 0 Å². The summed E-state index contributed by atoms with van der Waals surface area (Å²) in [6.45, 7) is 1.19. The minimum Gasteiger partial charge on any atom is -0.545 e. The van der Waals surface area contributed by atoms with Gasteiger partial charge in [-0.3, -0.25) is 0 Å². The number of carboxylic acid groups (broad SMARTS) is 1. The van der Waals surface area contributed by atoms with E-state index in [2.05, 4.69) is 0 Å². The van der Waals surface area contributed by atoms with Crippen LogP contribution in [0.25, 0.3) is 0 Å². The molecule has 1 rings (SSSR count). The third-order valence-electron chi connectivity index (χ3n) is 2.55. The van der Waals surface area contributed by atoms with E-state index in [1.807, 2.05) is 0 Å². The first-order chi connectivity index (χ1) is 8.30. The van der Waals surface area contributed by atoms with Crippen molar-refractivity contribution in [3.05, 3.63) is 29.3 Å². The number of hydrogen-bond acceptors (Lipinski definition) is 5. The second-order valence-electron chi connectivity index (χ2n) is 3.81. The Morgan fingerprint density at radius 2 is 2.06 bits per heavy atom. The van der Waals surface area contributed by atoms with Crippen LogP contribution in [0.1, 0.15) is 15.9 Å². The van der Waals surface area contributed by atoms with Crippen LogP contribution >= 0.6 is 0 Å². The number of aromatic carboxylic acids is 1. The van der Waals surface area contributed by atoms with Crippen LogP contribution in [0.4, 0.5) is 0 Å². The first-order valence-corrected chi connectivity index (χ1v) is 6.64. The van der Waals surface area contributed by atoms with Crippen molar-refractivity contribution in [3.63, 3.8) is 0 Å². The fourth-order valence-corrected chi connectivity index (χ4v) is 2.61. The first kappa shape index (κ1) is 14.6. The zero-order valence-electron chi connectivity index (χ0n) is 10.1. The summed E-state index contributed by atoms with van der Waals surface area (Å²) >= 11 is 0. The molecule has 0 saturated heterocycles. The molecule has 0 heterocycles. The van der Waals surface area contributed by atoms with Gasteiger partial charge in [0, 0.05) is 19.2 Å². The third kappa shape index (κ3) is 2.87. The van der Waals surface area contributed by atoms with Gasteiger partial charge in [-0.05, 0) is 24.6 Å². The highest BCUT2D eigenvalue weighted by Gasteiger charge is 2.21. The number of benzene rings is 1. The number of carbonyl (C=O) groups is 1. The number of hydrogen-bond donors (Lipinski definition) is 1. The maximum atomic E-state index is 12.0. The minimum absolute atomic E-state index is 0.0587. The van der Waals surface area contributed by atoms with Crippen molar-refractivity contribution in [1.82, 2.24) is 4.31 Å². The van der Waals surface area contributed by atoms with Crippen molar-refractivity contribution in [2.45, 2.75) is 11.8 Å². The summed E-state index contributed by atoms with van der Waals surface area (Å²) in [4.78, 5) is 10.7. The zero-order valence-corrected chi connectivity index (χ0v) is 10.9. The van der Waals surface area contributed by atoms with E-state index >= 15 is 0 Å². The van der Waals surface area contributed by atoms with Crippen LogP contribution in [-0.4, -0.2) is 44.0 Å². The standard InChI is InChI=1S/C11H15NO5S/c1-8-3-4-9(7-10(8)11(14)15)18(16,17)12(2)5-6-13/h3-4,7,13H,5-6H2,1-2H3,(H,14,15)/p-1. The molecule has 1 aromatic carbocycles. The maximum absolute atomic E-state index is 12.0. The molecule has 0 aromatic heterocycles. The highest BCUT2D eigenvalue weighted by atomic mass is 32.2. The summed E-state index contributed by atoms with van der Waals surface area (Å²) in [5, 5.41) is 19.6. The van der Waals surface area contributed by atoms with Gasteiger partial charge in [-0.15, -0.1) is 0 Å². The molecule has 0 aliphatic heterocycles. The van der Waals surface area contributed by atoms with Gasteiger partial charge in [0.15, 0.2) is 0 Å². The van der Waals surface area contributed by atoms with Crippen LogP contribution in [0.3, 0.4) is 0 Å². The first-order valence-electron chi connectivity index (χ1n) is 5.20. The number of nitrogens with zero attached hydrogens (tertiary/aromatic N) is 1. The number of likely N-dealkylation sites (N-methyl/N-ethyl adjacent to an activating group) is 1. The molecule has 0 bridgehead atoms. The lowest BCUT2D eigenvalue weighted by Crippen LogP contribution is -2.30. The van der Waals surface area contributed by atoms with Crippen LogP contribution in [0.2, 0.25) is 0 Å². The molecule has 100 valence electrons. The van der Waals surface area contributed by atoms with Gasteiger partial charge in [-0.1, -0.05) is 6.07 Å². The second kappa shape index (κ2) is 5.47. The van der Waals surface area contributed by atoms with Crippen LogP contribution < -0.4 is 5.11 Å². The Morgan fingerprint density at radius 1 is 1.44 bits per heavy atom. The van der Waals surface area contributed by atoms with Crippen molar-refractivity contribution in [2.75, 3.05) is 20.2 Å². The van der Waals surface area contributed by atoms with Gasteiger partial charge in [0.2, 0.25) is 10.0 Å². The molecule has 0 amide bonds. The van der Waals surface area contributed by atoms with Crippen molar-refractivity contribution in [2.24, 2.45) is 0 Å². The van der Waals surface area contributed by atoms with E-state index in [1.165, 1.54) is 19.2 Å². The molecule has 0 fully saturated rings. The van der Waals surface area contributed by atoms with Gasteiger partial charge in [0.05, 0.1) is 17.5 Å². The lowest BCUT2D eigenvalue weighted by atomic mass is 10.1. The quantitative estimate of drug-likeness (QED) is 0.739. The highest BCUT2D eigenvalue weighted by Crippen LogP contribution is 2.18. The molecule has 0 atom stereocenters. The number of sulfonamides is 1. The molecule has 1 aromatic rings. The topological polar surface area (TPSA) is 97.7 Å². The monoisotopic (exact) mass is 272 g/mol. The number of aliphatic hydroxyl groups is 1. The molecule has 0 aliphatic carbocycles.